The van der Waals surface area contributed by atoms with E-state index in [1.54, 1.807) is 11.3 Å². The third-order valence-corrected chi connectivity index (χ3v) is 4.46. The standard InChI is InChI=1S/C15H13N3O2S2/c1-10-7-11(9-21-10)14(19)16-15-18-17-13(22-15)8-20-12-5-3-2-4-6-12/h2-7,9H,8H2,1H3,(H,16,18,19). The second-order valence-corrected chi connectivity index (χ2v) is 6.68. The number of para-hydroxylation sites is 1. The molecule has 0 saturated carbocycles. The normalized spacial score (nSPS) is 10.4. The molecule has 0 aliphatic heterocycles. The highest BCUT2D eigenvalue weighted by Crippen LogP contribution is 2.20. The Bertz CT molecular complexity index is 768. The smallest absolute Gasteiger partial charge is 0.258 e. The van der Waals surface area contributed by atoms with Crippen LogP contribution in [0.25, 0.3) is 0 Å². The Kier molecular flexibility index (Phi) is 4.45. The average Bonchev–Trinajstić information content (AvgIpc) is 3.15. The van der Waals surface area contributed by atoms with Crippen LogP contribution in [0.5, 0.6) is 5.75 Å². The van der Waals surface area contributed by atoms with Gasteiger partial charge >= 0.3 is 0 Å². The van der Waals surface area contributed by atoms with E-state index in [9.17, 15) is 4.79 Å². The van der Waals surface area contributed by atoms with Gasteiger partial charge in [-0.25, -0.2) is 0 Å². The lowest BCUT2D eigenvalue weighted by atomic mass is 10.3. The quantitative estimate of drug-likeness (QED) is 0.773. The minimum atomic E-state index is -0.170. The number of carbonyl (C=O) groups is 1. The van der Waals surface area contributed by atoms with Gasteiger partial charge in [-0.2, -0.15) is 0 Å². The number of amides is 1. The van der Waals surface area contributed by atoms with E-state index in [0.717, 1.165) is 10.6 Å². The van der Waals surface area contributed by atoms with Crippen LogP contribution < -0.4 is 10.1 Å². The molecule has 5 nitrogen and oxygen atoms in total. The van der Waals surface area contributed by atoms with E-state index in [4.69, 9.17) is 4.74 Å². The van der Waals surface area contributed by atoms with E-state index >= 15 is 0 Å². The Morgan fingerprint density at radius 1 is 1.27 bits per heavy atom. The first-order valence-corrected chi connectivity index (χ1v) is 8.27. The van der Waals surface area contributed by atoms with E-state index in [0.29, 0.717) is 22.3 Å². The number of rotatable bonds is 5. The zero-order chi connectivity index (χ0) is 15.4. The van der Waals surface area contributed by atoms with Gasteiger partial charge in [0.1, 0.15) is 12.4 Å². The highest BCUT2D eigenvalue weighted by molar-refractivity contribution is 7.15. The lowest BCUT2D eigenvalue weighted by Gasteiger charge is -2.01. The summed E-state index contributed by atoms with van der Waals surface area (Å²) in [7, 11) is 0. The topological polar surface area (TPSA) is 64.1 Å². The Balaban J connectivity index is 1.58. The fraction of sp³-hybridized carbons (Fsp3) is 0.133. The Morgan fingerprint density at radius 2 is 2.09 bits per heavy atom. The van der Waals surface area contributed by atoms with Crippen LogP contribution in [0.1, 0.15) is 20.2 Å². The molecule has 3 aromatic rings. The molecule has 0 fully saturated rings. The summed E-state index contributed by atoms with van der Waals surface area (Å²) in [5, 5.41) is 13.7. The molecule has 2 heterocycles. The maximum Gasteiger partial charge on any atom is 0.258 e. The molecule has 7 heteroatoms. The van der Waals surface area contributed by atoms with Crippen LogP contribution in [0, 0.1) is 6.92 Å². The van der Waals surface area contributed by atoms with Crippen molar-refractivity contribution < 1.29 is 9.53 Å². The van der Waals surface area contributed by atoms with Crippen LogP contribution >= 0.6 is 22.7 Å². The molecule has 0 unspecified atom stereocenters. The number of aromatic nitrogens is 2. The van der Waals surface area contributed by atoms with Crippen LogP contribution in [0.3, 0.4) is 0 Å². The summed E-state index contributed by atoms with van der Waals surface area (Å²) in [6, 6.07) is 11.3. The molecule has 22 heavy (non-hydrogen) atoms. The second-order valence-electron chi connectivity index (χ2n) is 4.50. The zero-order valence-electron chi connectivity index (χ0n) is 11.8. The van der Waals surface area contributed by atoms with Gasteiger partial charge in [0.05, 0.1) is 5.56 Å². The van der Waals surface area contributed by atoms with Crippen LogP contribution in [0.2, 0.25) is 0 Å². The molecular formula is C15H13N3O2S2. The molecule has 0 bridgehead atoms. The van der Waals surface area contributed by atoms with Crippen molar-refractivity contribution in [2.45, 2.75) is 13.5 Å². The van der Waals surface area contributed by atoms with Crippen molar-refractivity contribution in [1.82, 2.24) is 10.2 Å². The summed E-state index contributed by atoms with van der Waals surface area (Å²) in [6.07, 6.45) is 0. The summed E-state index contributed by atoms with van der Waals surface area (Å²) >= 11 is 2.85. The van der Waals surface area contributed by atoms with Gasteiger partial charge in [0.25, 0.3) is 5.91 Å². The van der Waals surface area contributed by atoms with Gasteiger partial charge in [0, 0.05) is 10.3 Å². The largest absolute Gasteiger partial charge is 0.486 e. The van der Waals surface area contributed by atoms with Gasteiger partial charge in [-0.3, -0.25) is 10.1 Å². The van der Waals surface area contributed by atoms with Crippen molar-refractivity contribution >= 4 is 33.7 Å². The first-order valence-electron chi connectivity index (χ1n) is 6.57. The molecule has 0 aliphatic rings. The Hall–Kier alpha value is -2.25. The molecule has 0 saturated heterocycles. The van der Waals surface area contributed by atoms with Crippen molar-refractivity contribution in [1.29, 1.82) is 0 Å². The predicted octanol–water partition coefficient (Wildman–Crippen LogP) is 3.74. The van der Waals surface area contributed by atoms with Crippen LogP contribution in [0.15, 0.2) is 41.8 Å². The Morgan fingerprint density at radius 3 is 2.82 bits per heavy atom. The highest BCUT2D eigenvalue weighted by Gasteiger charge is 2.11. The number of aryl methyl sites for hydroxylation is 1. The third kappa shape index (κ3) is 3.69. The number of benzene rings is 1. The fourth-order valence-corrected chi connectivity index (χ4v) is 3.09. The summed E-state index contributed by atoms with van der Waals surface area (Å²) in [6.45, 7) is 2.29. The predicted molar refractivity (Wildman–Crippen MR) is 87.7 cm³/mol. The maximum absolute atomic E-state index is 12.0. The molecular weight excluding hydrogens is 318 g/mol. The number of hydrogen-bond donors (Lipinski definition) is 1. The third-order valence-electron chi connectivity index (χ3n) is 2.79. The monoisotopic (exact) mass is 331 g/mol. The van der Waals surface area contributed by atoms with Gasteiger partial charge in [-0.15, -0.1) is 21.5 Å². The van der Waals surface area contributed by atoms with Crippen molar-refractivity contribution in [2.75, 3.05) is 5.32 Å². The molecule has 1 N–H and O–H groups in total. The SMILES string of the molecule is Cc1cc(C(=O)Nc2nnc(COc3ccccc3)s2)cs1. The molecule has 0 radical (unpaired) electrons. The van der Waals surface area contributed by atoms with Crippen molar-refractivity contribution in [3.05, 3.63) is 57.2 Å². The summed E-state index contributed by atoms with van der Waals surface area (Å²) in [4.78, 5) is 13.1. The Labute approximate surface area is 135 Å². The summed E-state index contributed by atoms with van der Waals surface area (Å²) in [5.41, 5.74) is 0.639. The van der Waals surface area contributed by atoms with Gasteiger partial charge in [-0.1, -0.05) is 29.5 Å². The number of ether oxygens (including phenoxy) is 1. The van der Waals surface area contributed by atoms with Crippen molar-refractivity contribution in [2.24, 2.45) is 0 Å². The molecule has 1 aromatic carbocycles. The van der Waals surface area contributed by atoms with E-state index in [1.807, 2.05) is 48.7 Å². The molecule has 0 atom stereocenters. The maximum atomic E-state index is 12.0. The minimum Gasteiger partial charge on any atom is -0.486 e. The van der Waals surface area contributed by atoms with Gasteiger partial charge in [0.2, 0.25) is 5.13 Å². The van der Waals surface area contributed by atoms with Gasteiger partial charge in [0.15, 0.2) is 5.01 Å². The van der Waals surface area contributed by atoms with Gasteiger partial charge < -0.3 is 4.74 Å². The lowest BCUT2D eigenvalue weighted by molar-refractivity contribution is 0.102. The number of thiophene rings is 1. The van der Waals surface area contributed by atoms with Gasteiger partial charge in [-0.05, 0) is 25.1 Å². The van der Waals surface area contributed by atoms with Crippen molar-refractivity contribution in [3.63, 3.8) is 0 Å². The number of nitrogens with one attached hydrogen (secondary N) is 1. The minimum absolute atomic E-state index is 0.170. The number of nitrogens with zero attached hydrogens (tertiary/aromatic N) is 2. The van der Waals surface area contributed by atoms with Crippen LogP contribution in [-0.4, -0.2) is 16.1 Å². The molecule has 3 rings (SSSR count). The molecule has 2 aromatic heterocycles. The second kappa shape index (κ2) is 6.67. The first kappa shape index (κ1) is 14.7. The van der Waals surface area contributed by atoms with Crippen LogP contribution in [-0.2, 0) is 6.61 Å². The molecule has 0 aliphatic carbocycles. The number of hydrogen-bond acceptors (Lipinski definition) is 6. The first-order chi connectivity index (χ1) is 10.7. The average molecular weight is 331 g/mol. The fourth-order valence-electron chi connectivity index (χ4n) is 1.76. The lowest BCUT2D eigenvalue weighted by Crippen LogP contribution is -2.10. The van der Waals surface area contributed by atoms with E-state index in [1.165, 1.54) is 11.3 Å². The summed E-state index contributed by atoms with van der Waals surface area (Å²) in [5.74, 6) is 0.605. The molecule has 1 amide bonds. The molecule has 0 spiro atoms. The zero-order valence-corrected chi connectivity index (χ0v) is 13.4. The van der Waals surface area contributed by atoms with E-state index in [2.05, 4.69) is 15.5 Å². The van der Waals surface area contributed by atoms with E-state index in [-0.39, 0.29) is 5.91 Å². The number of carbonyl (C=O) groups excluding carboxylic acids is 1. The highest BCUT2D eigenvalue weighted by atomic mass is 32.1. The molecule has 112 valence electrons. The van der Waals surface area contributed by atoms with E-state index < -0.39 is 0 Å². The van der Waals surface area contributed by atoms with Crippen molar-refractivity contribution in [3.8, 4) is 5.75 Å². The van der Waals surface area contributed by atoms with Crippen LogP contribution in [0.4, 0.5) is 5.13 Å². The number of anilines is 1. The summed E-state index contributed by atoms with van der Waals surface area (Å²) < 4.78 is 5.60.